The van der Waals surface area contributed by atoms with Crippen molar-refractivity contribution in [1.82, 2.24) is 0 Å². The van der Waals surface area contributed by atoms with E-state index in [-0.39, 0.29) is 22.0 Å². The number of nitriles is 1. The van der Waals surface area contributed by atoms with Gasteiger partial charge in [-0.05, 0) is 48.9 Å². The van der Waals surface area contributed by atoms with Gasteiger partial charge in [-0.2, -0.15) is 5.26 Å². The molecule has 150 valence electrons. The summed E-state index contributed by atoms with van der Waals surface area (Å²) in [6.45, 7) is 1.80. The monoisotopic (exact) mass is 441 g/mol. The molecule has 0 fully saturated rings. The van der Waals surface area contributed by atoms with Crippen molar-refractivity contribution >= 4 is 46.6 Å². The zero-order chi connectivity index (χ0) is 21.8. The van der Waals surface area contributed by atoms with E-state index in [9.17, 15) is 20.2 Å². The number of benzene rings is 2. The van der Waals surface area contributed by atoms with Gasteiger partial charge in [0.25, 0.3) is 11.6 Å². The third-order valence-corrected chi connectivity index (χ3v) is 4.71. The van der Waals surface area contributed by atoms with Crippen molar-refractivity contribution < 1.29 is 14.1 Å². The first-order valence-electron chi connectivity index (χ1n) is 8.52. The topological polar surface area (TPSA) is 109 Å². The molecule has 0 aliphatic rings. The molecule has 3 rings (SSSR count). The number of amides is 1. The number of hydrogen-bond donors (Lipinski definition) is 1. The highest BCUT2D eigenvalue weighted by Crippen LogP contribution is 2.31. The maximum absolute atomic E-state index is 12.5. The third kappa shape index (κ3) is 4.69. The number of carbonyl (C=O) groups excluding carboxylic acids is 1. The first kappa shape index (κ1) is 21.1. The molecule has 2 aromatic carbocycles. The van der Waals surface area contributed by atoms with Crippen molar-refractivity contribution in [3.05, 3.63) is 85.6 Å². The molecule has 1 amide bonds. The Labute approximate surface area is 181 Å². The molecule has 3 aromatic rings. The molecule has 0 aliphatic heterocycles. The largest absolute Gasteiger partial charge is 0.457 e. The number of aryl methyl sites for hydroxylation is 1. The number of hydrogen-bond acceptors (Lipinski definition) is 5. The van der Waals surface area contributed by atoms with Crippen molar-refractivity contribution in [2.24, 2.45) is 0 Å². The molecule has 0 spiro atoms. The zero-order valence-electron chi connectivity index (χ0n) is 15.5. The number of nitro benzene ring substituents is 1. The smallest absolute Gasteiger partial charge is 0.288 e. The Morgan fingerprint density at radius 3 is 2.67 bits per heavy atom. The number of rotatable bonds is 5. The van der Waals surface area contributed by atoms with Gasteiger partial charge in [-0.25, -0.2) is 0 Å². The SMILES string of the molecule is Cc1ccc(Cl)cc1NC(=O)/C(C#N)=C/c1ccc(-c2ccc(Cl)c([N+](=O)[O-])c2)o1. The minimum absolute atomic E-state index is 0.00942. The second-order valence-corrected chi connectivity index (χ2v) is 7.05. The van der Waals surface area contributed by atoms with E-state index >= 15 is 0 Å². The highest BCUT2D eigenvalue weighted by molar-refractivity contribution is 6.32. The number of nitrogens with zero attached hydrogens (tertiary/aromatic N) is 2. The summed E-state index contributed by atoms with van der Waals surface area (Å²) in [7, 11) is 0. The first-order valence-corrected chi connectivity index (χ1v) is 9.27. The summed E-state index contributed by atoms with van der Waals surface area (Å²) in [5.41, 5.74) is 1.27. The van der Waals surface area contributed by atoms with Crippen molar-refractivity contribution in [2.45, 2.75) is 6.92 Å². The van der Waals surface area contributed by atoms with Gasteiger partial charge >= 0.3 is 0 Å². The molecule has 0 aliphatic carbocycles. The van der Waals surface area contributed by atoms with Crippen molar-refractivity contribution in [1.29, 1.82) is 5.26 Å². The Hall–Kier alpha value is -3.60. The molecule has 1 aromatic heterocycles. The molecule has 0 radical (unpaired) electrons. The number of nitro groups is 1. The summed E-state index contributed by atoms with van der Waals surface area (Å²) in [4.78, 5) is 22.9. The van der Waals surface area contributed by atoms with E-state index in [1.807, 2.05) is 6.07 Å². The molecule has 30 heavy (non-hydrogen) atoms. The molecule has 0 bridgehead atoms. The van der Waals surface area contributed by atoms with Crippen LogP contribution in [-0.4, -0.2) is 10.8 Å². The van der Waals surface area contributed by atoms with E-state index < -0.39 is 10.8 Å². The van der Waals surface area contributed by atoms with Crippen LogP contribution in [0.3, 0.4) is 0 Å². The number of carbonyl (C=O) groups is 1. The van der Waals surface area contributed by atoms with Crippen LogP contribution in [0.4, 0.5) is 11.4 Å². The van der Waals surface area contributed by atoms with Gasteiger partial charge < -0.3 is 9.73 Å². The van der Waals surface area contributed by atoms with E-state index in [1.54, 1.807) is 43.3 Å². The first-order chi connectivity index (χ1) is 14.3. The average molecular weight is 442 g/mol. The van der Waals surface area contributed by atoms with Crippen LogP contribution in [0.2, 0.25) is 10.0 Å². The number of furan rings is 1. The molecule has 9 heteroatoms. The number of nitrogens with one attached hydrogen (secondary N) is 1. The van der Waals surface area contributed by atoms with Crippen LogP contribution in [-0.2, 0) is 4.79 Å². The summed E-state index contributed by atoms with van der Waals surface area (Å²) in [5.74, 6) is -0.0653. The number of halogens is 2. The molecule has 0 saturated carbocycles. The fourth-order valence-corrected chi connectivity index (χ4v) is 2.96. The summed E-state index contributed by atoms with van der Waals surface area (Å²) in [5, 5.41) is 23.5. The highest BCUT2D eigenvalue weighted by atomic mass is 35.5. The van der Waals surface area contributed by atoms with Crippen molar-refractivity contribution in [2.75, 3.05) is 5.32 Å². The average Bonchev–Trinajstić information content (AvgIpc) is 3.17. The van der Waals surface area contributed by atoms with Crippen molar-refractivity contribution in [3.8, 4) is 17.4 Å². The molecule has 0 unspecified atom stereocenters. The molecular formula is C21H13Cl2N3O4. The van der Waals surface area contributed by atoms with Crippen LogP contribution in [0, 0.1) is 28.4 Å². The number of anilines is 1. The second kappa shape index (κ2) is 8.82. The quantitative estimate of drug-likeness (QED) is 0.225. The van der Waals surface area contributed by atoms with E-state index in [0.717, 1.165) is 5.56 Å². The van der Waals surface area contributed by atoms with E-state index in [0.29, 0.717) is 22.0 Å². The van der Waals surface area contributed by atoms with Gasteiger partial charge in [0.2, 0.25) is 0 Å². The van der Waals surface area contributed by atoms with Gasteiger partial charge in [0.05, 0.1) is 4.92 Å². The lowest BCUT2D eigenvalue weighted by molar-refractivity contribution is -0.384. The third-order valence-electron chi connectivity index (χ3n) is 4.15. The minimum atomic E-state index is -0.622. The van der Waals surface area contributed by atoms with Gasteiger partial charge in [0, 0.05) is 28.4 Å². The standard InChI is InChI=1S/C21H13Cl2N3O4/c1-12-2-4-15(22)10-18(12)25-21(27)14(11-24)8-16-5-7-20(30-16)13-3-6-17(23)19(9-13)26(28)29/h2-10H,1H3,(H,25,27)/b14-8+. The lowest BCUT2D eigenvalue weighted by atomic mass is 10.1. The van der Waals surface area contributed by atoms with Gasteiger partial charge in [-0.3, -0.25) is 14.9 Å². The maximum Gasteiger partial charge on any atom is 0.288 e. The molecular weight excluding hydrogens is 429 g/mol. The van der Waals surface area contributed by atoms with Crippen LogP contribution in [0.25, 0.3) is 17.4 Å². The molecule has 7 nitrogen and oxygen atoms in total. The lowest BCUT2D eigenvalue weighted by Crippen LogP contribution is -2.14. The molecule has 1 N–H and O–H groups in total. The Morgan fingerprint density at radius 2 is 1.97 bits per heavy atom. The molecule has 0 atom stereocenters. The van der Waals surface area contributed by atoms with Gasteiger partial charge in [-0.1, -0.05) is 29.3 Å². The van der Waals surface area contributed by atoms with Gasteiger partial charge in [-0.15, -0.1) is 0 Å². The van der Waals surface area contributed by atoms with Crippen LogP contribution < -0.4 is 5.32 Å². The Morgan fingerprint density at radius 1 is 1.20 bits per heavy atom. The van der Waals surface area contributed by atoms with Crippen LogP contribution in [0.15, 0.2) is 58.5 Å². The van der Waals surface area contributed by atoms with Crippen LogP contribution in [0.5, 0.6) is 0 Å². The summed E-state index contributed by atoms with van der Waals surface area (Å²) >= 11 is 11.8. The summed E-state index contributed by atoms with van der Waals surface area (Å²) in [6.07, 6.45) is 1.28. The predicted molar refractivity (Wildman–Crippen MR) is 114 cm³/mol. The van der Waals surface area contributed by atoms with Gasteiger partial charge in [0.15, 0.2) is 0 Å². The summed E-state index contributed by atoms with van der Waals surface area (Å²) < 4.78 is 5.63. The van der Waals surface area contributed by atoms with Crippen molar-refractivity contribution in [3.63, 3.8) is 0 Å². The van der Waals surface area contributed by atoms with E-state index in [2.05, 4.69) is 5.32 Å². The van der Waals surface area contributed by atoms with Crippen LogP contribution >= 0.6 is 23.2 Å². The Kier molecular flexibility index (Phi) is 6.21. The highest BCUT2D eigenvalue weighted by Gasteiger charge is 2.16. The lowest BCUT2D eigenvalue weighted by Gasteiger charge is -2.08. The fraction of sp³-hybridized carbons (Fsp3) is 0.0476. The maximum atomic E-state index is 12.5. The normalized spacial score (nSPS) is 11.1. The predicted octanol–water partition coefficient (Wildman–Crippen LogP) is 6.02. The summed E-state index contributed by atoms with van der Waals surface area (Å²) in [6, 6.07) is 14.2. The Balaban J connectivity index is 1.86. The van der Waals surface area contributed by atoms with Gasteiger partial charge in [0.1, 0.15) is 28.2 Å². The molecule has 0 saturated heterocycles. The van der Waals surface area contributed by atoms with Crippen LogP contribution in [0.1, 0.15) is 11.3 Å². The fourth-order valence-electron chi connectivity index (χ4n) is 2.60. The van der Waals surface area contributed by atoms with E-state index in [1.165, 1.54) is 18.2 Å². The second-order valence-electron chi connectivity index (χ2n) is 6.21. The zero-order valence-corrected chi connectivity index (χ0v) is 17.0. The van der Waals surface area contributed by atoms with E-state index in [4.69, 9.17) is 27.6 Å². The molecule has 1 heterocycles. The minimum Gasteiger partial charge on any atom is -0.457 e. The Bertz CT molecular complexity index is 1230.